The van der Waals surface area contributed by atoms with Gasteiger partial charge in [-0.25, -0.2) is 4.98 Å². The number of ether oxygens (including phenoxy) is 2. The van der Waals surface area contributed by atoms with Crippen molar-refractivity contribution in [1.29, 1.82) is 0 Å². The minimum atomic E-state index is 0.0410. The lowest BCUT2D eigenvalue weighted by Gasteiger charge is -2.23. The van der Waals surface area contributed by atoms with E-state index in [4.69, 9.17) is 9.47 Å². The number of methoxy groups -OCH3 is 2. The van der Waals surface area contributed by atoms with Crippen LogP contribution in [0.15, 0.2) is 59.7 Å². The Bertz CT molecular complexity index is 1340. The quantitative estimate of drug-likeness (QED) is 0.414. The van der Waals surface area contributed by atoms with Gasteiger partial charge in [0.15, 0.2) is 0 Å². The van der Waals surface area contributed by atoms with E-state index < -0.39 is 0 Å². The topological polar surface area (TPSA) is 65.4 Å². The largest absolute Gasteiger partial charge is 0.497 e. The summed E-state index contributed by atoms with van der Waals surface area (Å²) in [5.74, 6) is 1.67. The Morgan fingerprint density at radius 3 is 2.74 bits per heavy atom. The van der Waals surface area contributed by atoms with E-state index in [1.807, 2.05) is 36.4 Å². The van der Waals surface area contributed by atoms with Crippen molar-refractivity contribution in [2.24, 2.45) is 0 Å². The Kier molecular flexibility index (Phi) is 6.65. The summed E-state index contributed by atoms with van der Waals surface area (Å²) in [4.78, 5) is 20.2. The maximum Gasteiger partial charge on any atom is 0.262 e. The second-order valence-electron chi connectivity index (χ2n) is 8.67. The fourth-order valence-electron chi connectivity index (χ4n) is 4.72. The molecule has 0 radical (unpaired) electrons. The Labute approximate surface area is 203 Å². The number of fused-ring (bicyclic) bond motifs is 3. The van der Waals surface area contributed by atoms with E-state index in [1.54, 1.807) is 36.5 Å². The molecule has 2 aromatic heterocycles. The van der Waals surface area contributed by atoms with Gasteiger partial charge in [-0.05, 0) is 61.6 Å². The number of aromatic nitrogens is 2. The third kappa shape index (κ3) is 4.58. The summed E-state index contributed by atoms with van der Waals surface area (Å²) in [7, 11) is 3.34. The second kappa shape index (κ2) is 9.99. The summed E-state index contributed by atoms with van der Waals surface area (Å²) in [5.41, 5.74) is 3.50. The van der Waals surface area contributed by atoms with E-state index in [0.717, 1.165) is 59.5 Å². The molecule has 6 nitrogen and oxygen atoms in total. The number of benzene rings is 2. The van der Waals surface area contributed by atoms with E-state index in [9.17, 15) is 4.79 Å². The maximum atomic E-state index is 13.4. The molecule has 7 heteroatoms. The van der Waals surface area contributed by atoms with E-state index in [2.05, 4.69) is 22.4 Å². The minimum absolute atomic E-state index is 0.0410. The van der Waals surface area contributed by atoms with Gasteiger partial charge in [-0.3, -0.25) is 9.36 Å². The lowest BCUT2D eigenvalue weighted by molar-refractivity contribution is 0.408. The molecular formula is C27H29N3O3S. The molecule has 4 aromatic rings. The van der Waals surface area contributed by atoms with E-state index in [-0.39, 0.29) is 5.56 Å². The molecule has 5 rings (SSSR count). The molecule has 0 bridgehead atoms. The van der Waals surface area contributed by atoms with Crippen LogP contribution >= 0.6 is 11.3 Å². The number of para-hydroxylation sites is 1. The Hall–Kier alpha value is -3.16. The first-order valence-corrected chi connectivity index (χ1v) is 12.5. The molecule has 1 aliphatic carbocycles. The molecule has 0 saturated carbocycles. The molecule has 1 N–H and O–H groups in total. The number of nitrogens with one attached hydrogen (secondary N) is 1. The number of aryl methyl sites for hydroxylation is 1. The van der Waals surface area contributed by atoms with Crippen molar-refractivity contribution in [2.45, 2.75) is 38.3 Å². The first kappa shape index (κ1) is 22.6. The van der Waals surface area contributed by atoms with Gasteiger partial charge in [0.2, 0.25) is 0 Å². The zero-order valence-corrected chi connectivity index (χ0v) is 20.4. The normalized spacial score (nSPS) is 15.3. The fraction of sp³-hybridized carbons (Fsp3) is 0.333. The standard InChI is InChI=1S/C27H29N3O3S/c1-32-21-10-7-18(8-11-21)13-14-28-20-9-12-22-24(15-20)34-26-25(22)27(31)30(17-29-26)16-19-5-3-4-6-23(19)33-2/h3-8,10-11,17,20,28H,9,12-16H2,1-2H3. The number of hydrogen-bond acceptors (Lipinski definition) is 6. The van der Waals surface area contributed by atoms with Crippen molar-refractivity contribution in [3.8, 4) is 11.5 Å². The number of nitrogens with zero attached hydrogens (tertiary/aromatic N) is 2. The zero-order valence-electron chi connectivity index (χ0n) is 19.5. The summed E-state index contributed by atoms with van der Waals surface area (Å²) < 4.78 is 12.4. The molecule has 0 fully saturated rings. The van der Waals surface area contributed by atoms with Crippen molar-refractivity contribution in [3.63, 3.8) is 0 Å². The van der Waals surface area contributed by atoms with Gasteiger partial charge in [-0.15, -0.1) is 11.3 Å². The average Bonchev–Trinajstić information content (AvgIpc) is 3.25. The van der Waals surface area contributed by atoms with Gasteiger partial charge in [-0.2, -0.15) is 0 Å². The van der Waals surface area contributed by atoms with Gasteiger partial charge in [-0.1, -0.05) is 30.3 Å². The lowest BCUT2D eigenvalue weighted by Crippen LogP contribution is -2.35. The number of thiophene rings is 1. The summed E-state index contributed by atoms with van der Waals surface area (Å²) in [6.45, 7) is 1.38. The summed E-state index contributed by atoms with van der Waals surface area (Å²) >= 11 is 1.67. The van der Waals surface area contributed by atoms with Gasteiger partial charge < -0.3 is 14.8 Å². The van der Waals surface area contributed by atoms with Crippen LogP contribution in [0, 0.1) is 0 Å². The van der Waals surface area contributed by atoms with Crippen LogP contribution < -0.4 is 20.3 Å². The Morgan fingerprint density at radius 1 is 1.12 bits per heavy atom. The predicted octanol–water partition coefficient (Wildman–Crippen LogP) is 4.21. The molecule has 2 heterocycles. The molecule has 0 saturated heterocycles. The highest BCUT2D eigenvalue weighted by atomic mass is 32.1. The smallest absolute Gasteiger partial charge is 0.262 e. The summed E-state index contributed by atoms with van der Waals surface area (Å²) in [6, 6.07) is 16.5. The molecule has 2 aromatic carbocycles. The van der Waals surface area contributed by atoms with E-state index in [0.29, 0.717) is 12.6 Å². The molecule has 34 heavy (non-hydrogen) atoms. The van der Waals surface area contributed by atoms with Crippen molar-refractivity contribution in [3.05, 3.63) is 86.8 Å². The monoisotopic (exact) mass is 475 g/mol. The van der Waals surface area contributed by atoms with Crippen molar-refractivity contribution in [2.75, 3.05) is 20.8 Å². The van der Waals surface area contributed by atoms with Crippen LogP contribution in [0.1, 0.15) is 28.0 Å². The van der Waals surface area contributed by atoms with Crippen LogP contribution in [0.3, 0.4) is 0 Å². The van der Waals surface area contributed by atoms with Gasteiger partial charge in [0.1, 0.15) is 16.3 Å². The van der Waals surface area contributed by atoms with Crippen molar-refractivity contribution in [1.82, 2.24) is 14.9 Å². The fourth-order valence-corrected chi connectivity index (χ4v) is 5.98. The van der Waals surface area contributed by atoms with Crippen LogP contribution in [0.4, 0.5) is 0 Å². The van der Waals surface area contributed by atoms with Gasteiger partial charge >= 0.3 is 0 Å². The van der Waals surface area contributed by atoms with Gasteiger partial charge in [0.25, 0.3) is 5.56 Å². The molecule has 0 aliphatic heterocycles. The third-order valence-electron chi connectivity index (χ3n) is 6.57. The molecule has 0 spiro atoms. The SMILES string of the molecule is COc1ccc(CCNC2CCc3c(sc4ncn(Cc5ccccc5OC)c(=O)c34)C2)cc1. The van der Waals surface area contributed by atoms with Crippen molar-refractivity contribution >= 4 is 21.6 Å². The van der Waals surface area contributed by atoms with Gasteiger partial charge in [0, 0.05) is 16.5 Å². The average molecular weight is 476 g/mol. The van der Waals surface area contributed by atoms with Crippen LogP contribution in [0.25, 0.3) is 10.2 Å². The minimum Gasteiger partial charge on any atom is -0.497 e. The van der Waals surface area contributed by atoms with Crippen molar-refractivity contribution < 1.29 is 9.47 Å². The van der Waals surface area contributed by atoms with Crippen LogP contribution in [0.2, 0.25) is 0 Å². The molecule has 0 amide bonds. The van der Waals surface area contributed by atoms with E-state index in [1.165, 1.54) is 16.0 Å². The number of rotatable bonds is 8. The number of hydrogen-bond donors (Lipinski definition) is 1. The first-order chi connectivity index (χ1) is 16.7. The third-order valence-corrected chi connectivity index (χ3v) is 7.74. The predicted molar refractivity (Wildman–Crippen MR) is 136 cm³/mol. The Balaban J connectivity index is 1.29. The Morgan fingerprint density at radius 2 is 1.94 bits per heavy atom. The summed E-state index contributed by atoms with van der Waals surface area (Å²) in [6.07, 6.45) is 5.54. The summed E-state index contributed by atoms with van der Waals surface area (Å²) in [5, 5.41) is 4.51. The molecule has 1 atom stereocenters. The van der Waals surface area contributed by atoms with Crippen LogP contribution in [0.5, 0.6) is 11.5 Å². The first-order valence-electron chi connectivity index (χ1n) is 11.6. The maximum absolute atomic E-state index is 13.4. The highest BCUT2D eigenvalue weighted by molar-refractivity contribution is 7.18. The molecule has 1 aliphatic rings. The zero-order chi connectivity index (χ0) is 23.5. The van der Waals surface area contributed by atoms with Crippen LogP contribution in [-0.4, -0.2) is 36.4 Å². The molecular weight excluding hydrogens is 446 g/mol. The highest BCUT2D eigenvalue weighted by Crippen LogP contribution is 2.33. The van der Waals surface area contributed by atoms with Gasteiger partial charge in [0.05, 0.1) is 32.5 Å². The molecule has 1 unspecified atom stereocenters. The van der Waals surface area contributed by atoms with E-state index >= 15 is 0 Å². The second-order valence-corrected chi connectivity index (χ2v) is 9.75. The van der Waals surface area contributed by atoms with Crippen LogP contribution in [-0.2, 0) is 25.8 Å². The lowest BCUT2D eigenvalue weighted by atomic mass is 9.93. The highest BCUT2D eigenvalue weighted by Gasteiger charge is 2.25. The molecule has 176 valence electrons.